The zero-order chi connectivity index (χ0) is 19.8. The molecule has 4 rings (SSSR count). The quantitative estimate of drug-likeness (QED) is 0.670. The highest BCUT2D eigenvalue weighted by molar-refractivity contribution is 7.18. The monoisotopic (exact) mass is 400 g/mol. The van der Waals surface area contributed by atoms with E-state index in [-0.39, 0.29) is 17.8 Å². The minimum absolute atomic E-state index is 0.0300. The number of nitrogens with zero attached hydrogens (tertiary/aromatic N) is 1. The number of thiophene rings is 1. The molecule has 2 aromatic heterocycles. The fraction of sp³-hybridized carbons (Fsp3) is 0.381. The number of carbonyl (C=O) groups excluding carboxylic acids is 1. The second-order valence-corrected chi connectivity index (χ2v) is 8.50. The summed E-state index contributed by atoms with van der Waals surface area (Å²) >= 11 is 1.56. The number of esters is 1. The zero-order valence-electron chi connectivity index (χ0n) is 15.8. The summed E-state index contributed by atoms with van der Waals surface area (Å²) in [6, 6.07) is 5.70. The largest absolute Gasteiger partial charge is 0.454 e. The van der Waals surface area contributed by atoms with Gasteiger partial charge in [0.2, 0.25) is 0 Å². The van der Waals surface area contributed by atoms with Gasteiger partial charge in [-0.25, -0.2) is 9.37 Å². The van der Waals surface area contributed by atoms with Gasteiger partial charge < -0.3 is 9.72 Å². The van der Waals surface area contributed by atoms with E-state index in [1.54, 1.807) is 30.4 Å². The molecule has 2 heterocycles. The average molecular weight is 400 g/mol. The van der Waals surface area contributed by atoms with Crippen molar-refractivity contribution in [1.29, 1.82) is 0 Å². The number of halogens is 1. The first-order chi connectivity index (χ1) is 13.4. The highest BCUT2D eigenvalue weighted by Crippen LogP contribution is 2.35. The number of aromatic nitrogens is 2. The van der Waals surface area contributed by atoms with Crippen LogP contribution in [-0.2, 0) is 28.8 Å². The number of aromatic amines is 1. The fourth-order valence-corrected chi connectivity index (χ4v) is 5.01. The van der Waals surface area contributed by atoms with Crippen LogP contribution in [0.2, 0.25) is 0 Å². The van der Waals surface area contributed by atoms with Gasteiger partial charge in [0.1, 0.15) is 10.6 Å². The molecular formula is C21H21FN2O3S. The topological polar surface area (TPSA) is 72.0 Å². The molecule has 1 aromatic carbocycles. The summed E-state index contributed by atoms with van der Waals surface area (Å²) in [5.41, 5.74) is 1.61. The smallest absolute Gasteiger partial charge is 0.310 e. The number of ether oxygens (including phenoxy) is 1. The van der Waals surface area contributed by atoms with E-state index in [1.807, 2.05) is 0 Å². The van der Waals surface area contributed by atoms with Crippen LogP contribution in [0.25, 0.3) is 10.2 Å². The predicted octanol–water partition coefficient (Wildman–Crippen LogP) is 4.10. The molecule has 146 valence electrons. The Hall–Kier alpha value is -2.54. The first-order valence-electron chi connectivity index (χ1n) is 9.39. The molecule has 1 N–H and O–H groups in total. The summed E-state index contributed by atoms with van der Waals surface area (Å²) in [5.74, 6) is 0.150. The van der Waals surface area contributed by atoms with E-state index >= 15 is 0 Å². The molecule has 0 aliphatic heterocycles. The molecule has 1 aliphatic rings. The molecule has 0 spiro atoms. The Kier molecular flexibility index (Phi) is 5.02. The van der Waals surface area contributed by atoms with Crippen LogP contribution in [0.15, 0.2) is 29.1 Å². The molecule has 0 saturated carbocycles. The first-order valence-corrected chi connectivity index (χ1v) is 10.2. The molecule has 2 atom stereocenters. The maximum Gasteiger partial charge on any atom is 0.310 e. The second-order valence-electron chi connectivity index (χ2n) is 7.42. The van der Waals surface area contributed by atoms with Crippen molar-refractivity contribution in [1.82, 2.24) is 9.97 Å². The summed E-state index contributed by atoms with van der Waals surface area (Å²) in [6.45, 7) is 3.90. The Balaban J connectivity index is 1.54. The molecule has 0 radical (unpaired) electrons. The van der Waals surface area contributed by atoms with E-state index in [0.29, 0.717) is 27.5 Å². The Morgan fingerprint density at radius 3 is 2.89 bits per heavy atom. The van der Waals surface area contributed by atoms with E-state index in [1.165, 1.54) is 17.0 Å². The summed E-state index contributed by atoms with van der Waals surface area (Å²) in [5, 5.41) is 0.681. The van der Waals surface area contributed by atoms with Crippen molar-refractivity contribution in [2.45, 2.75) is 45.6 Å². The third-order valence-corrected chi connectivity index (χ3v) is 6.29. The molecule has 0 saturated heterocycles. The number of hydrogen-bond donors (Lipinski definition) is 1. The molecule has 5 nitrogen and oxygen atoms in total. The highest BCUT2D eigenvalue weighted by Gasteiger charge is 2.24. The standard InChI is InChI=1S/C21H21FN2O3S/c1-11-3-8-15-16(9-11)28-21-18(15)20(26)23-19(24-21)12(2)27-17(25)10-13-4-6-14(22)7-5-13/h4-7,11-12H,3,8-10H2,1-2H3,(H,23,24,26)/t11-,12+/m1/s1. The summed E-state index contributed by atoms with van der Waals surface area (Å²) in [6.07, 6.45) is 2.32. The molecule has 1 aliphatic carbocycles. The minimum Gasteiger partial charge on any atom is -0.454 e. The number of fused-ring (bicyclic) bond motifs is 3. The number of H-pyrrole nitrogens is 1. The average Bonchev–Trinajstić information content (AvgIpc) is 3.01. The molecule has 0 bridgehead atoms. The van der Waals surface area contributed by atoms with Gasteiger partial charge in [-0.15, -0.1) is 11.3 Å². The SMILES string of the molecule is C[C@@H]1CCc2c(sc3nc([C@H](C)OC(=O)Cc4ccc(F)cc4)[nH]c(=O)c23)C1. The summed E-state index contributed by atoms with van der Waals surface area (Å²) in [4.78, 5) is 34.2. The van der Waals surface area contributed by atoms with Crippen molar-refractivity contribution < 1.29 is 13.9 Å². The number of rotatable bonds is 4. The van der Waals surface area contributed by atoms with Crippen LogP contribution in [0.5, 0.6) is 0 Å². The lowest BCUT2D eigenvalue weighted by Crippen LogP contribution is -2.18. The van der Waals surface area contributed by atoms with E-state index in [4.69, 9.17) is 4.74 Å². The van der Waals surface area contributed by atoms with Gasteiger partial charge in [-0.1, -0.05) is 19.1 Å². The van der Waals surface area contributed by atoms with Crippen molar-refractivity contribution in [3.8, 4) is 0 Å². The lowest BCUT2D eigenvalue weighted by atomic mass is 9.89. The number of aryl methyl sites for hydroxylation is 1. The molecule has 3 aromatic rings. The van der Waals surface area contributed by atoms with Gasteiger partial charge in [0, 0.05) is 4.88 Å². The normalized spacial score (nSPS) is 17.3. The number of hydrogen-bond acceptors (Lipinski definition) is 5. The Morgan fingerprint density at radius 1 is 1.39 bits per heavy atom. The van der Waals surface area contributed by atoms with Crippen molar-refractivity contribution in [2.75, 3.05) is 0 Å². The molecule has 28 heavy (non-hydrogen) atoms. The minimum atomic E-state index is -0.678. The van der Waals surface area contributed by atoms with Crippen LogP contribution < -0.4 is 5.56 Å². The second kappa shape index (κ2) is 7.47. The van der Waals surface area contributed by atoms with Crippen LogP contribution in [0, 0.1) is 11.7 Å². The van der Waals surface area contributed by atoms with Gasteiger partial charge in [0.05, 0.1) is 11.8 Å². The van der Waals surface area contributed by atoms with Crippen LogP contribution in [0.4, 0.5) is 4.39 Å². The lowest BCUT2D eigenvalue weighted by Gasteiger charge is -2.17. The van der Waals surface area contributed by atoms with Gasteiger partial charge >= 0.3 is 5.97 Å². The molecular weight excluding hydrogens is 379 g/mol. The van der Waals surface area contributed by atoms with Crippen LogP contribution >= 0.6 is 11.3 Å². The van der Waals surface area contributed by atoms with Crippen molar-refractivity contribution in [3.05, 3.63) is 62.3 Å². The van der Waals surface area contributed by atoms with Gasteiger partial charge in [-0.3, -0.25) is 9.59 Å². The molecule has 0 unspecified atom stereocenters. The lowest BCUT2D eigenvalue weighted by molar-refractivity contribution is -0.148. The van der Waals surface area contributed by atoms with Crippen LogP contribution in [0.3, 0.4) is 0 Å². The first kappa shape index (κ1) is 18.8. The van der Waals surface area contributed by atoms with Crippen molar-refractivity contribution >= 4 is 27.5 Å². The Morgan fingerprint density at radius 2 is 2.14 bits per heavy atom. The van der Waals surface area contributed by atoms with Gasteiger partial charge in [-0.05, 0) is 55.4 Å². The fourth-order valence-electron chi connectivity index (χ4n) is 3.62. The van der Waals surface area contributed by atoms with Crippen molar-refractivity contribution in [2.24, 2.45) is 5.92 Å². The Labute approximate surface area is 165 Å². The highest BCUT2D eigenvalue weighted by atomic mass is 32.1. The number of benzene rings is 1. The maximum atomic E-state index is 13.0. The Bertz CT molecular complexity index is 1090. The van der Waals surface area contributed by atoms with Gasteiger partial charge in [0.25, 0.3) is 5.56 Å². The third kappa shape index (κ3) is 3.71. The van der Waals surface area contributed by atoms with Gasteiger partial charge in [-0.2, -0.15) is 0 Å². The van der Waals surface area contributed by atoms with Crippen LogP contribution in [-0.4, -0.2) is 15.9 Å². The molecule has 7 heteroatoms. The van der Waals surface area contributed by atoms with Crippen molar-refractivity contribution in [3.63, 3.8) is 0 Å². The number of nitrogens with one attached hydrogen (secondary N) is 1. The number of carbonyl (C=O) groups is 1. The van der Waals surface area contributed by atoms with E-state index in [2.05, 4.69) is 16.9 Å². The summed E-state index contributed by atoms with van der Waals surface area (Å²) < 4.78 is 18.4. The summed E-state index contributed by atoms with van der Waals surface area (Å²) in [7, 11) is 0. The van der Waals surface area contributed by atoms with E-state index in [9.17, 15) is 14.0 Å². The predicted molar refractivity (Wildman–Crippen MR) is 106 cm³/mol. The van der Waals surface area contributed by atoms with E-state index in [0.717, 1.165) is 24.8 Å². The molecule has 0 fully saturated rings. The van der Waals surface area contributed by atoms with Gasteiger partial charge in [0.15, 0.2) is 11.9 Å². The van der Waals surface area contributed by atoms with Crippen LogP contribution in [0.1, 0.15) is 48.2 Å². The van der Waals surface area contributed by atoms with E-state index < -0.39 is 12.1 Å². The molecule has 0 amide bonds. The maximum absolute atomic E-state index is 13.0. The third-order valence-electron chi connectivity index (χ3n) is 5.14. The zero-order valence-corrected chi connectivity index (χ0v) is 16.6.